The summed E-state index contributed by atoms with van der Waals surface area (Å²) in [5.74, 6) is -0.996. The van der Waals surface area contributed by atoms with Crippen LogP contribution in [0, 0.1) is 0 Å². The van der Waals surface area contributed by atoms with Gasteiger partial charge in [-0.05, 0) is 57.8 Å². The van der Waals surface area contributed by atoms with Crippen molar-refractivity contribution in [3.8, 4) is 0 Å². The third kappa shape index (κ3) is 26.6. The molecule has 0 saturated carbocycles. The lowest BCUT2D eigenvalue weighted by Crippen LogP contribution is -2.11. The minimum absolute atomic E-state index is 0.154. The molecule has 0 aliphatic carbocycles. The number of allylic oxidation sites excluding steroid dienone is 1. The van der Waals surface area contributed by atoms with Crippen molar-refractivity contribution in [1.82, 2.24) is 0 Å². The SMILES string of the molecule is CCCCCC[C@@H](O)CC=CCCCCCCCC(=O)O.O=C1CCCCC(=O)OCCCCO1. The van der Waals surface area contributed by atoms with Crippen molar-refractivity contribution in [1.29, 1.82) is 0 Å². The number of carboxylic acids is 1. The van der Waals surface area contributed by atoms with Gasteiger partial charge < -0.3 is 19.7 Å². The Labute approximate surface area is 212 Å². The van der Waals surface area contributed by atoms with Gasteiger partial charge in [-0.25, -0.2) is 0 Å². The van der Waals surface area contributed by atoms with Gasteiger partial charge in [-0.15, -0.1) is 0 Å². The molecule has 1 aliphatic rings. The average molecular weight is 499 g/mol. The van der Waals surface area contributed by atoms with Gasteiger partial charge in [-0.2, -0.15) is 0 Å². The van der Waals surface area contributed by atoms with E-state index >= 15 is 0 Å². The van der Waals surface area contributed by atoms with Crippen LogP contribution in [0.2, 0.25) is 0 Å². The van der Waals surface area contributed by atoms with Crippen molar-refractivity contribution in [2.75, 3.05) is 13.2 Å². The lowest BCUT2D eigenvalue weighted by molar-refractivity contribution is -0.147. The van der Waals surface area contributed by atoms with E-state index in [1.807, 2.05) is 0 Å². The van der Waals surface area contributed by atoms with Crippen molar-refractivity contribution in [3.63, 3.8) is 0 Å². The Kier molecular flexibility index (Phi) is 23.8. The van der Waals surface area contributed by atoms with Crippen LogP contribution in [0.4, 0.5) is 0 Å². The number of hydrogen-bond donors (Lipinski definition) is 2. The standard InChI is InChI=1S/C18H34O3.C10H16O4/c1-2-3-4-11-14-17(19)15-12-9-7-5-6-8-10-13-16-18(20)21;11-9-5-1-2-6-10(12)14-8-4-3-7-13-9/h9,12,17,19H,2-8,10-11,13-16H2,1H3,(H,20,21);1-8H2/t17-;/m1./s1. The van der Waals surface area contributed by atoms with Crippen LogP contribution in [0.5, 0.6) is 0 Å². The number of cyclic esters (lactones) is 2. The maximum Gasteiger partial charge on any atom is 0.305 e. The molecule has 1 saturated heterocycles. The minimum atomic E-state index is -0.689. The highest BCUT2D eigenvalue weighted by molar-refractivity contribution is 5.70. The summed E-state index contributed by atoms with van der Waals surface area (Å²) in [5.41, 5.74) is 0. The first-order valence-electron chi connectivity index (χ1n) is 13.8. The molecule has 1 fully saturated rings. The van der Waals surface area contributed by atoms with Crippen LogP contribution in [-0.2, 0) is 23.9 Å². The Morgan fingerprint density at radius 1 is 0.829 bits per heavy atom. The van der Waals surface area contributed by atoms with Gasteiger partial charge in [0.15, 0.2) is 0 Å². The van der Waals surface area contributed by atoms with Crippen LogP contribution in [-0.4, -0.2) is 47.4 Å². The largest absolute Gasteiger partial charge is 0.481 e. The van der Waals surface area contributed by atoms with Crippen molar-refractivity contribution in [2.24, 2.45) is 0 Å². The third-order valence-electron chi connectivity index (χ3n) is 5.80. The van der Waals surface area contributed by atoms with E-state index in [1.165, 1.54) is 25.7 Å². The molecule has 7 nitrogen and oxygen atoms in total. The van der Waals surface area contributed by atoms with Crippen LogP contribution in [0.3, 0.4) is 0 Å². The zero-order valence-electron chi connectivity index (χ0n) is 22.0. The van der Waals surface area contributed by atoms with Crippen molar-refractivity contribution in [2.45, 2.75) is 135 Å². The Morgan fingerprint density at radius 3 is 2.00 bits per heavy atom. The van der Waals surface area contributed by atoms with E-state index in [2.05, 4.69) is 19.1 Å². The molecule has 1 rings (SSSR count). The average Bonchev–Trinajstić information content (AvgIpc) is 2.82. The smallest absolute Gasteiger partial charge is 0.305 e. The molecule has 1 atom stereocenters. The van der Waals surface area contributed by atoms with Crippen LogP contribution < -0.4 is 0 Å². The highest BCUT2D eigenvalue weighted by Gasteiger charge is 2.07. The number of aliphatic hydroxyl groups is 1. The summed E-state index contributed by atoms with van der Waals surface area (Å²) >= 11 is 0. The molecular weight excluding hydrogens is 448 g/mol. The second kappa shape index (κ2) is 25.2. The van der Waals surface area contributed by atoms with Crippen LogP contribution in [0.15, 0.2) is 12.2 Å². The molecule has 1 aliphatic heterocycles. The number of rotatable bonds is 15. The summed E-state index contributed by atoms with van der Waals surface area (Å²) < 4.78 is 9.92. The van der Waals surface area contributed by atoms with E-state index in [9.17, 15) is 19.5 Å². The van der Waals surface area contributed by atoms with E-state index in [4.69, 9.17) is 14.6 Å². The number of esters is 2. The molecule has 7 heteroatoms. The van der Waals surface area contributed by atoms with Gasteiger partial charge >= 0.3 is 17.9 Å². The van der Waals surface area contributed by atoms with Crippen LogP contribution in [0.1, 0.15) is 129 Å². The summed E-state index contributed by atoms with van der Waals surface area (Å²) in [5, 5.41) is 18.3. The predicted molar refractivity (Wildman–Crippen MR) is 138 cm³/mol. The Hall–Kier alpha value is -1.89. The van der Waals surface area contributed by atoms with E-state index in [1.54, 1.807) is 0 Å². The summed E-state index contributed by atoms with van der Waals surface area (Å²) in [6, 6.07) is 0. The molecule has 0 aromatic heterocycles. The third-order valence-corrected chi connectivity index (χ3v) is 5.80. The number of aliphatic hydroxyl groups excluding tert-OH is 1. The van der Waals surface area contributed by atoms with Gasteiger partial charge in [0.2, 0.25) is 0 Å². The van der Waals surface area contributed by atoms with Crippen LogP contribution >= 0.6 is 0 Å². The lowest BCUT2D eigenvalue weighted by Gasteiger charge is -2.08. The lowest BCUT2D eigenvalue weighted by atomic mass is 10.1. The number of carboxylic acid groups (broad SMARTS) is 1. The minimum Gasteiger partial charge on any atom is -0.481 e. The zero-order chi connectivity index (χ0) is 26.0. The molecule has 35 heavy (non-hydrogen) atoms. The number of carbonyl (C=O) groups is 3. The van der Waals surface area contributed by atoms with Crippen molar-refractivity contribution < 1.29 is 34.1 Å². The molecule has 0 spiro atoms. The monoisotopic (exact) mass is 498 g/mol. The summed E-state index contributed by atoms with van der Waals surface area (Å²) in [7, 11) is 0. The highest BCUT2D eigenvalue weighted by Crippen LogP contribution is 2.10. The van der Waals surface area contributed by atoms with Gasteiger partial charge in [-0.1, -0.05) is 64.0 Å². The van der Waals surface area contributed by atoms with E-state index in [0.29, 0.717) is 45.3 Å². The first-order valence-corrected chi connectivity index (χ1v) is 13.8. The number of ether oxygens (including phenoxy) is 2. The Balaban J connectivity index is 0.000000712. The van der Waals surface area contributed by atoms with Crippen molar-refractivity contribution in [3.05, 3.63) is 12.2 Å². The van der Waals surface area contributed by atoms with Gasteiger partial charge in [0.25, 0.3) is 0 Å². The van der Waals surface area contributed by atoms with Crippen LogP contribution in [0.25, 0.3) is 0 Å². The second-order valence-electron chi connectivity index (χ2n) is 9.27. The first kappa shape index (κ1) is 33.1. The molecule has 0 bridgehead atoms. The molecule has 0 aromatic carbocycles. The summed E-state index contributed by atoms with van der Waals surface area (Å²) in [4.78, 5) is 32.4. The molecule has 1 heterocycles. The molecule has 0 radical (unpaired) electrons. The fourth-order valence-electron chi connectivity index (χ4n) is 3.62. The maximum atomic E-state index is 11.0. The van der Waals surface area contributed by atoms with E-state index in [-0.39, 0.29) is 18.0 Å². The number of hydrogen-bond acceptors (Lipinski definition) is 6. The first-order chi connectivity index (χ1) is 17.0. The normalized spacial score (nSPS) is 16.3. The predicted octanol–water partition coefficient (Wildman–Crippen LogP) is 6.51. The fourth-order valence-corrected chi connectivity index (χ4v) is 3.62. The molecule has 0 aromatic rings. The Bertz CT molecular complexity index is 538. The van der Waals surface area contributed by atoms with Gasteiger partial charge in [0, 0.05) is 19.3 Å². The van der Waals surface area contributed by atoms with Gasteiger partial charge in [-0.3, -0.25) is 14.4 Å². The van der Waals surface area contributed by atoms with E-state index < -0.39 is 5.97 Å². The second-order valence-corrected chi connectivity index (χ2v) is 9.27. The fraction of sp³-hybridized carbons (Fsp3) is 0.821. The number of carbonyl (C=O) groups excluding carboxylic acids is 2. The summed E-state index contributed by atoms with van der Waals surface area (Å²) in [6.45, 7) is 3.08. The van der Waals surface area contributed by atoms with Gasteiger partial charge in [0.05, 0.1) is 19.3 Å². The number of aliphatic carboxylic acids is 1. The maximum absolute atomic E-state index is 11.0. The van der Waals surface area contributed by atoms with E-state index in [0.717, 1.165) is 64.2 Å². The summed E-state index contributed by atoms with van der Waals surface area (Å²) in [6.07, 6.45) is 21.1. The Morgan fingerprint density at radius 2 is 1.40 bits per heavy atom. The zero-order valence-corrected chi connectivity index (χ0v) is 22.0. The molecular formula is C28H50O7. The topological polar surface area (TPSA) is 110 Å². The molecule has 0 amide bonds. The van der Waals surface area contributed by atoms with Crippen molar-refractivity contribution >= 4 is 17.9 Å². The highest BCUT2D eigenvalue weighted by atomic mass is 16.5. The molecule has 204 valence electrons. The van der Waals surface area contributed by atoms with Gasteiger partial charge in [0.1, 0.15) is 0 Å². The molecule has 0 unspecified atom stereocenters. The number of unbranched alkanes of at least 4 members (excludes halogenated alkanes) is 8. The molecule has 2 N–H and O–H groups in total. The quantitative estimate of drug-likeness (QED) is 0.150.